The number of methoxy groups -OCH3 is 1. The quantitative estimate of drug-likeness (QED) is 0.777. The van der Waals surface area contributed by atoms with Crippen molar-refractivity contribution < 1.29 is 14.3 Å². The van der Waals surface area contributed by atoms with Crippen LogP contribution in [0.15, 0.2) is 30.5 Å². The molecule has 0 spiro atoms. The highest BCUT2D eigenvalue weighted by molar-refractivity contribution is 5.96. The Kier molecular flexibility index (Phi) is 7.61. The number of hydrogen-bond donors (Lipinski definition) is 1. The van der Waals surface area contributed by atoms with Crippen molar-refractivity contribution in [2.45, 2.75) is 27.0 Å². The molecule has 7 heteroatoms. The molecule has 1 aromatic carbocycles. The lowest BCUT2D eigenvalue weighted by Gasteiger charge is -2.12. The molecule has 0 saturated carbocycles. The molecule has 0 aliphatic carbocycles. The second-order valence-electron chi connectivity index (χ2n) is 5.08. The predicted molar refractivity (Wildman–Crippen MR) is 92.7 cm³/mol. The number of aryl methyl sites for hydroxylation is 1. The van der Waals surface area contributed by atoms with Crippen LogP contribution in [0.25, 0.3) is 0 Å². The van der Waals surface area contributed by atoms with Gasteiger partial charge in [-0.1, -0.05) is 0 Å². The van der Waals surface area contributed by atoms with Crippen LogP contribution in [0.3, 0.4) is 0 Å². The van der Waals surface area contributed by atoms with Gasteiger partial charge in [0.25, 0.3) is 0 Å². The maximum atomic E-state index is 12.4. The van der Waals surface area contributed by atoms with Gasteiger partial charge < -0.3 is 14.0 Å². The first kappa shape index (κ1) is 19.9. The van der Waals surface area contributed by atoms with E-state index in [4.69, 9.17) is 14.9 Å². The molecule has 1 aromatic heterocycles. The van der Waals surface area contributed by atoms with Crippen molar-refractivity contribution in [1.29, 1.82) is 5.41 Å². The Morgan fingerprint density at radius 1 is 1.29 bits per heavy atom. The average molecular weight is 352 g/mol. The van der Waals surface area contributed by atoms with Gasteiger partial charge >= 0.3 is 0 Å². The minimum Gasteiger partial charge on any atom is -0.497 e. The first-order chi connectivity index (χ1) is 11.0. The van der Waals surface area contributed by atoms with Crippen molar-refractivity contribution in [3.8, 4) is 5.75 Å². The summed E-state index contributed by atoms with van der Waals surface area (Å²) in [6, 6.07) is 7.00. The van der Waals surface area contributed by atoms with Crippen LogP contribution in [0.5, 0.6) is 5.75 Å². The Hall–Kier alpha value is -2.18. The smallest absolute Gasteiger partial charge is 0.182 e. The third-order valence-corrected chi connectivity index (χ3v) is 3.49. The zero-order valence-electron chi connectivity index (χ0n) is 14.0. The summed E-state index contributed by atoms with van der Waals surface area (Å²) in [4.78, 5) is 16.6. The summed E-state index contributed by atoms with van der Waals surface area (Å²) in [7, 11) is 1.59. The monoisotopic (exact) mass is 351 g/mol. The number of ketones is 1. The molecule has 0 radical (unpaired) electrons. The molecule has 130 valence electrons. The Morgan fingerprint density at radius 3 is 2.54 bits per heavy atom. The molecular formula is C17H22ClN3O3. The number of nitrogens with one attached hydrogen (secondary N) is 1. The molecule has 0 aliphatic heterocycles. The summed E-state index contributed by atoms with van der Waals surface area (Å²) in [6.07, 6.45) is 1.77. The lowest BCUT2D eigenvalue weighted by molar-refractivity contribution is 0.0969. The van der Waals surface area contributed by atoms with Crippen molar-refractivity contribution >= 4 is 18.2 Å². The lowest BCUT2D eigenvalue weighted by atomic mass is 10.1. The van der Waals surface area contributed by atoms with Crippen LogP contribution in [0, 0.1) is 12.3 Å². The topological polar surface area (TPSA) is 77.2 Å². The molecule has 0 atom stereocenters. The molecule has 0 saturated heterocycles. The van der Waals surface area contributed by atoms with Gasteiger partial charge in [0.2, 0.25) is 0 Å². The Bertz CT molecular complexity index is 742. The van der Waals surface area contributed by atoms with Crippen molar-refractivity contribution in [3.63, 3.8) is 0 Å². The van der Waals surface area contributed by atoms with Crippen LogP contribution in [-0.4, -0.2) is 29.1 Å². The molecule has 2 aromatic rings. The molecule has 0 aliphatic rings. The first-order valence-corrected chi connectivity index (χ1v) is 7.41. The van der Waals surface area contributed by atoms with Crippen LogP contribution in [0.4, 0.5) is 0 Å². The fourth-order valence-electron chi connectivity index (χ4n) is 2.14. The zero-order valence-corrected chi connectivity index (χ0v) is 14.9. The molecule has 2 rings (SSSR count). The van der Waals surface area contributed by atoms with Crippen molar-refractivity contribution in [2.75, 3.05) is 13.7 Å². The van der Waals surface area contributed by atoms with Gasteiger partial charge in [-0.25, -0.2) is 4.98 Å². The first-order valence-electron chi connectivity index (χ1n) is 7.41. The van der Waals surface area contributed by atoms with Crippen LogP contribution in [0.1, 0.15) is 28.7 Å². The molecular weight excluding hydrogens is 330 g/mol. The number of carbonyl (C=O) groups excluding carboxylic acids is 1. The van der Waals surface area contributed by atoms with E-state index < -0.39 is 0 Å². The molecule has 24 heavy (non-hydrogen) atoms. The summed E-state index contributed by atoms with van der Waals surface area (Å²) in [5, 5.41) is 7.87. The van der Waals surface area contributed by atoms with Gasteiger partial charge in [-0.15, -0.1) is 12.4 Å². The number of nitrogens with zero attached hydrogens (tertiary/aromatic N) is 2. The van der Waals surface area contributed by atoms with Gasteiger partial charge in [-0.3, -0.25) is 10.2 Å². The third kappa shape index (κ3) is 4.91. The fourth-order valence-corrected chi connectivity index (χ4v) is 2.14. The molecule has 0 fully saturated rings. The Balaban J connectivity index is 0.00000288. The standard InChI is InChI=1S/C17H21N3O3.ClH/c1-4-23-11-14-9-20(12(2)19-17(14)18)10-16(21)13-5-7-15(22-3)8-6-13;/h5-9,18H,4,10-11H2,1-3H3;1H. The van der Waals surface area contributed by atoms with E-state index in [1.807, 2.05) is 6.92 Å². The number of benzene rings is 1. The number of hydrogen-bond acceptors (Lipinski definition) is 5. The minimum absolute atomic E-state index is 0. The summed E-state index contributed by atoms with van der Waals surface area (Å²) >= 11 is 0. The second-order valence-corrected chi connectivity index (χ2v) is 5.08. The molecule has 0 bridgehead atoms. The van der Waals surface area contributed by atoms with Crippen molar-refractivity contribution in [1.82, 2.24) is 9.55 Å². The van der Waals surface area contributed by atoms with Gasteiger partial charge in [0.1, 0.15) is 11.6 Å². The van der Waals surface area contributed by atoms with Crippen LogP contribution in [0.2, 0.25) is 0 Å². The molecule has 1 heterocycles. The van der Waals surface area contributed by atoms with E-state index in [-0.39, 0.29) is 30.2 Å². The number of carbonyl (C=O) groups is 1. The highest BCUT2D eigenvalue weighted by atomic mass is 35.5. The van der Waals surface area contributed by atoms with Gasteiger partial charge in [0.15, 0.2) is 11.3 Å². The Morgan fingerprint density at radius 2 is 1.96 bits per heavy atom. The number of ether oxygens (including phenoxy) is 2. The zero-order chi connectivity index (χ0) is 16.8. The van der Waals surface area contributed by atoms with E-state index in [9.17, 15) is 4.79 Å². The summed E-state index contributed by atoms with van der Waals surface area (Å²) in [5.41, 5.74) is 1.46. The second kappa shape index (κ2) is 9.20. The van der Waals surface area contributed by atoms with E-state index in [1.165, 1.54) is 0 Å². The maximum absolute atomic E-state index is 12.4. The van der Waals surface area contributed by atoms with Crippen molar-refractivity contribution in [2.24, 2.45) is 0 Å². The number of rotatable bonds is 7. The van der Waals surface area contributed by atoms with E-state index in [1.54, 1.807) is 49.1 Å². The lowest BCUT2D eigenvalue weighted by Crippen LogP contribution is -2.23. The molecule has 6 nitrogen and oxygen atoms in total. The summed E-state index contributed by atoms with van der Waals surface area (Å²) in [6.45, 7) is 4.73. The fraction of sp³-hybridized carbons (Fsp3) is 0.353. The highest BCUT2D eigenvalue weighted by Gasteiger charge is 2.10. The normalized spacial score (nSPS) is 10.1. The number of Topliss-reactive ketones (excluding diaryl/α,β-unsaturated/α-hetero) is 1. The summed E-state index contributed by atoms with van der Waals surface area (Å²) in [5.74, 6) is 1.31. The van der Waals surface area contributed by atoms with E-state index in [2.05, 4.69) is 4.98 Å². The van der Waals surface area contributed by atoms with Gasteiger partial charge in [0, 0.05) is 23.9 Å². The summed E-state index contributed by atoms with van der Waals surface area (Å²) < 4.78 is 12.2. The predicted octanol–water partition coefficient (Wildman–Crippen LogP) is 2.52. The van der Waals surface area contributed by atoms with Gasteiger partial charge in [-0.05, 0) is 38.1 Å². The number of aromatic nitrogens is 2. The highest BCUT2D eigenvalue weighted by Crippen LogP contribution is 2.12. The van der Waals surface area contributed by atoms with Gasteiger partial charge in [0.05, 0.1) is 20.3 Å². The minimum atomic E-state index is -0.0253. The molecule has 0 unspecified atom stereocenters. The third-order valence-electron chi connectivity index (χ3n) is 3.49. The van der Waals surface area contributed by atoms with E-state index in [0.717, 1.165) is 0 Å². The van der Waals surface area contributed by atoms with E-state index >= 15 is 0 Å². The molecule has 0 amide bonds. The maximum Gasteiger partial charge on any atom is 0.182 e. The average Bonchev–Trinajstić information content (AvgIpc) is 2.56. The van der Waals surface area contributed by atoms with E-state index in [0.29, 0.717) is 35.9 Å². The van der Waals surface area contributed by atoms with Crippen molar-refractivity contribution in [3.05, 3.63) is 52.9 Å². The van der Waals surface area contributed by atoms with Crippen LogP contribution < -0.4 is 10.2 Å². The SMILES string of the molecule is CCOCc1cn(CC(=O)c2ccc(OC)cc2)c(C)nc1=N.Cl. The van der Waals surface area contributed by atoms with Gasteiger partial charge in [-0.2, -0.15) is 0 Å². The Labute approximate surface area is 147 Å². The molecule has 1 N–H and O–H groups in total. The van der Waals surface area contributed by atoms with Crippen LogP contribution in [-0.2, 0) is 17.9 Å². The van der Waals surface area contributed by atoms with Crippen LogP contribution >= 0.6 is 12.4 Å². The largest absolute Gasteiger partial charge is 0.497 e. The number of halogens is 1.